The number of aryl methyl sites for hydroxylation is 1. The molecule has 0 radical (unpaired) electrons. The molecule has 10 heteroatoms. The van der Waals surface area contributed by atoms with Crippen molar-refractivity contribution in [2.75, 3.05) is 11.1 Å². The molecule has 0 saturated heterocycles. The first-order valence-corrected chi connectivity index (χ1v) is 13.5. The average molecular weight is 559 g/mol. The number of urea groups is 1. The van der Waals surface area contributed by atoms with Crippen molar-refractivity contribution in [3.05, 3.63) is 105 Å². The zero-order chi connectivity index (χ0) is 27.4. The van der Waals surface area contributed by atoms with Gasteiger partial charge in [0.1, 0.15) is 6.61 Å². The van der Waals surface area contributed by atoms with Crippen LogP contribution < -0.4 is 16.0 Å². The smallest absolute Gasteiger partial charge is 0.338 e. The lowest BCUT2D eigenvalue weighted by atomic mass is 9.92. The van der Waals surface area contributed by atoms with Crippen LogP contribution in [0.3, 0.4) is 0 Å². The van der Waals surface area contributed by atoms with Crippen molar-refractivity contribution in [1.82, 2.24) is 10.6 Å². The van der Waals surface area contributed by atoms with Crippen LogP contribution in [0.1, 0.15) is 34.7 Å². The van der Waals surface area contributed by atoms with E-state index in [1.807, 2.05) is 30.3 Å². The molecule has 0 aromatic heterocycles. The third kappa shape index (κ3) is 6.08. The van der Waals surface area contributed by atoms with Crippen LogP contribution in [0, 0.1) is 11.3 Å². The highest BCUT2D eigenvalue weighted by Gasteiger charge is 2.34. The number of nitrogens with zero attached hydrogens (tertiary/aromatic N) is 1. The Morgan fingerprint density at radius 3 is 2.72 bits per heavy atom. The molecule has 8 nitrogen and oxygen atoms in total. The lowest BCUT2D eigenvalue weighted by molar-refractivity contribution is -0.140. The normalized spacial score (nSPS) is 16.4. The first-order chi connectivity index (χ1) is 18.9. The molecule has 5 rings (SSSR count). The van der Waals surface area contributed by atoms with E-state index in [0.717, 1.165) is 10.5 Å². The number of carbonyl (C=O) groups is 3. The number of nitrogens with one attached hydrogen (secondary N) is 3. The van der Waals surface area contributed by atoms with Crippen LogP contribution in [-0.4, -0.2) is 23.7 Å². The average Bonchev–Trinajstić information content (AvgIpc) is 2.94. The molecule has 196 valence electrons. The first-order valence-electron chi connectivity index (χ1n) is 12.2. The number of ether oxygens (including phenoxy) is 1. The molecule has 0 spiro atoms. The molecule has 2 aliphatic rings. The number of benzene rings is 3. The fourth-order valence-corrected chi connectivity index (χ4v) is 5.52. The van der Waals surface area contributed by atoms with E-state index in [1.165, 1.54) is 11.8 Å². The maximum atomic E-state index is 13.6. The molecule has 1 atom stereocenters. The number of rotatable bonds is 7. The van der Waals surface area contributed by atoms with Gasteiger partial charge in [0.05, 0.1) is 34.7 Å². The minimum Gasteiger partial charge on any atom is -0.457 e. The van der Waals surface area contributed by atoms with E-state index in [0.29, 0.717) is 51.7 Å². The highest BCUT2D eigenvalue weighted by Crippen LogP contribution is 2.37. The van der Waals surface area contributed by atoms with E-state index in [2.05, 4.69) is 22.0 Å². The van der Waals surface area contributed by atoms with Gasteiger partial charge in [-0.2, -0.15) is 5.26 Å². The van der Waals surface area contributed by atoms with E-state index in [9.17, 15) is 19.6 Å². The Kier molecular flexibility index (Phi) is 7.87. The summed E-state index contributed by atoms with van der Waals surface area (Å²) in [5.41, 5.74) is 3.94. The van der Waals surface area contributed by atoms with Gasteiger partial charge in [0.2, 0.25) is 5.91 Å². The topological polar surface area (TPSA) is 120 Å². The van der Waals surface area contributed by atoms with E-state index in [4.69, 9.17) is 16.3 Å². The van der Waals surface area contributed by atoms with Crippen LogP contribution in [-0.2, 0) is 27.4 Å². The SMILES string of the molecule is N#Cc1cccc(COC(=O)C2=C(CCc3ccccc3Cl)NC(=O)N[C@H]2c2ccc3c(c2)NC(=O)CS3)c1. The second-order valence-electron chi connectivity index (χ2n) is 9.00. The Labute approximate surface area is 234 Å². The van der Waals surface area contributed by atoms with Gasteiger partial charge in [0.15, 0.2) is 0 Å². The molecular formula is C29H23ClN4O4S. The summed E-state index contributed by atoms with van der Waals surface area (Å²) in [4.78, 5) is 39.2. The van der Waals surface area contributed by atoms with E-state index >= 15 is 0 Å². The van der Waals surface area contributed by atoms with Gasteiger partial charge in [-0.25, -0.2) is 9.59 Å². The fraction of sp³-hybridized carbons (Fsp3) is 0.172. The van der Waals surface area contributed by atoms with Crippen LogP contribution in [0.25, 0.3) is 0 Å². The Morgan fingerprint density at radius 1 is 1.05 bits per heavy atom. The van der Waals surface area contributed by atoms with Gasteiger partial charge in [-0.1, -0.05) is 48.0 Å². The third-order valence-corrected chi connectivity index (χ3v) is 7.81. The monoisotopic (exact) mass is 558 g/mol. The molecule has 0 fully saturated rings. The number of thioether (sulfide) groups is 1. The number of esters is 1. The second kappa shape index (κ2) is 11.6. The van der Waals surface area contributed by atoms with E-state index in [-0.39, 0.29) is 18.1 Å². The van der Waals surface area contributed by atoms with Crippen molar-refractivity contribution in [3.63, 3.8) is 0 Å². The van der Waals surface area contributed by atoms with Crippen LogP contribution in [0.15, 0.2) is 82.9 Å². The van der Waals surface area contributed by atoms with Gasteiger partial charge in [-0.05, 0) is 59.9 Å². The number of halogens is 1. The van der Waals surface area contributed by atoms with Crippen molar-refractivity contribution >= 4 is 47.0 Å². The van der Waals surface area contributed by atoms with Crippen molar-refractivity contribution in [2.24, 2.45) is 0 Å². The molecule has 0 saturated carbocycles. The largest absolute Gasteiger partial charge is 0.457 e. The van der Waals surface area contributed by atoms with Crippen molar-refractivity contribution in [2.45, 2.75) is 30.4 Å². The maximum Gasteiger partial charge on any atom is 0.338 e. The number of fused-ring (bicyclic) bond motifs is 1. The molecular weight excluding hydrogens is 536 g/mol. The Morgan fingerprint density at radius 2 is 1.90 bits per heavy atom. The van der Waals surface area contributed by atoms with Gasteiger partial charge in [0, 0.05) is 15.6 Å². The van der Waals surface area contributed by atoms with Gasteiger partial charge >= 0.3 is 12.0 Å². The van der Waals surface area contributed by atoms with Crippen LogP contribution in [0.5, 0.6) is 0 Å². The summed E-state index contributed by atoms with van der Waals surface area (Å²) < 4.78 is 5.69. The number of carbonyl (C=O) groups excluding carboxylic acids is 3. The van der Waals surface area contributed by atoms with Gasteiger partial charge < -0.3 is 20.7 Å². The first kappa shape index (κ1) is 26.4. The summed E-state index contributed by atoms with van der Waals surface area (Å²) in [5, 5.41) is 18.3. The zero-order valence-corrected chi connectivity index (χ0v) is 22.2. The highest BCUT2D eigenvalue weighted by molar-refractivity contribution is 8.00. The van der Waals surface area contributed by atoms with Crippen LogP contribution >= 0.6 is 23.4 Å². The summed E-state index contributed by atoms with van der Waals surface area (Å²) in [6.07, 6.45) is 0.819. The molecule has 3 aromatic rings. The van der Waals surface area contributed by atoms with Gasteiger partial charge in [-0.3, -0.25) is 4.79 Å². The molecule has 0 aliphatic carbocycles. The maximum absolute atomic E-state index is 13.6. The molecule has 3 aromatic carbocycles. The molecule has 2 heterocycles. The lowest BCUT2D eigenvalue weighted by Crippen LogP contribution is -2.46. The summed E-state index contributed by atoms with van der Waals surface area (Å²) in [6, 6.07) is 20.5. The summed E-state index contributed by atoms with van der Waals surface area (Å²) in [6.45, 7) is -0.0484. The molecule has 0 unspecified atom stereocenters. The van der Waals surface area contributed by atoms with E-state index < -0.39 is 18.0 Å². The minimum atomic E-state index is -0.813. The summed E-state index contributed by atoms with van der Waals surface area (Å²) >= 11 is 7.77. The molecule has 3 amide bonds. The third-order valence-electron chi connectivity index (χ3n) is 6.37. The van der Waals surface area contributed by atoms with Gasteiger partial charge in [-0.15, -0.1) is 11.8 Å². The van der Waals surface area contributed by atoms with E-state index in [1.54, 1.807) is 36.4 Å². The predicted octanol–water partition coefficient (Wildman–Crippen LogP) is 5.24. The number of nitriles is 1. The number of hydrogen-bond donors (Lipinski definition) is 3. The van der Waals surface area contributed by atoms with Crippen molar-refractivity contribution < 1.29 is 19.1 Å². The zero-order valence-electron chi connectivity index (χ0n) is 20.6. The number of hydrogen-bond acceptors (Lipinski definition) is 6. The van der Waals surface area contributed by atoms with Crippen molar-refractivity contribution in [1.29, 1.82) is 5.26 Å². The number of allylic oxidation sites excluding steroid dienone is 1. The summed E-state index contributed by atoms with van der Waals surface area (Å²) in [5.74, 6) is -0.401. The predicted molar refractivity (Wildman–Crippen MR) is 148 cm³/mol. The second-order valence-corrected chi connectivity index (χ2v) is 10.4. The minimum absolute atomic E-state index is 0.0484. The molecule has 2 aliphatic heterocycles. The molecule has 39 heavy (non-hydrogen) atoms. The summed E-state index contributed by atoms with van der Waals surface area (Å²) in [7, 11) is 0. The molecule has 0 bridgehead atoms. The fourth-order valence-electron chi connectivity index (χ4n) is 4.50. The number of amides is 3. The lowest BCUT2D eigenvalue weighted by Gasteiger charge is -2.30. The van der Waals surface area contributed by atoms with Crippen LogP contribution in [0.2, 0.25) is 5.02 Å². The number of anilines is 1. The molecule has 3 N–H and O–H groups in total. The van der Waals surface area contributed by atoms with Crippen molar-refractivity contribution in [3.8, 4) is 6.07 Å². The van der Waals surface area contributed by atoms with Gasteiger partial charge in [0.25, 0.3) is 0 Å². The Bertz CT molecular complexity index is 1550. The standard InChI is InChI=1S/C29H23ClN4O4S/c30-21-7-2-1-6-19(21)8-10-22-26(28(36)38-15-18-5-3-4-17(12-18)14-31)27(34-29(37)33-22)20-9-11-24-23(13-20)32-25(35)16-39-24/h1-7,9,11-13,27H,8,10,15-16H2,(H,32,35)(H2,33,34,37)/t27-/m0/s1. The van der Waals surface area contributed by atoms with Crippen LogP contribution in [0.4, 0.5) is 10.5 Å². The Hall–Kier alpha value is -4.26. The quantitative estimate of drug-likeness (QED) is 0.341. The Balaban J connectivity index is 1.49. The highest BCUT2D eigenvalue weighted by atomic mass is 35.5.